The van der Waals surface area contributed by atoms with Crippen molar-refractivity contribution in [3.63, 3.8) is 0 Å². The van der Waals surface area contributed by atoms with E-state index in [9.17, 15) is 0 Å². The molecule has 1 aromatic rings. The molecule has 1 aliphatic heterocycles. The van der Waals surface area contributed by atoms with Crippen LogP contribution >= 0.6 is 35.3 Å². The number of aryl methyl sites for hydroxylation is 2. The summed E-state index contributed by atoms with van der Waals surface area (Å²) in [4.78, 5) is 12.6. The Morgan fingerprint density at radius 3 is 2.83 bits per heavy atom. The standard InChI is InChI=1S/C16H28N4O2S.HI/c1-12-13(2)23-15(19-12)9-18-16(17-3)20-6-5-14(10-20)11-22-8-7-21-4;/h14H,5-11H2,1-4H3,(H,17,18);1H. The Kier molecular flexibility index (Phi) is 10.1. The second-order valence-electron chi connectivity index (χ2n) is 5.82. The molecule has 1 aromatic heterocycles. The van der Waals surface area contributed by atoms with Crippen molar-refractivity contribution < 1.29 is 9.47 Å². The van der Waals surface area contributed by atoms with Crippen molar-refractivity contribution in [1.82, 2.24) is 15.2 Å². The van der Waals surface area contributed by atoms with Crippen molar-refractivity contribution in [3.05, 3.63) is 15.6 Å². The molecule has 0 aromatic carbocycles. The van der Waals surface area contributed by atoms with Crippen LogP contribution in [0.25, 0.3) is 0 Å². The summed E-state index contributed by atoms with van der Waals surface area (Å²) >= 11 is 1.75. The fourth-order valence-corrected chi connectivity index (χ4v) is 3.53. The van der Waals surface area contributed by atoms with Crippen molar-refractivity contribution in [3.8, 4) is 0 Å². The van der Waals surface area contributed by atoms with Gasteiger partial charge in [-0.2, -0.15) is 0 Å². The summed E-state index contributed by atoms with van der Waals surface area (Å²) in [6.07, 6.45) is 1.14. The molecule has 1 N–H and O–H groups in total. The van der Waals surface area contributed by atoms with Crippen LogP contribution in [-0.2, 0) is 16.0 Å². The molecular formula is C16H29IN4O2S. The number of hydrogen-bond donors (Lipinski definition) is 1. The summed E-state index contributed by atoms with van der Waals surface area (Å²) in [5, 5.41) is 4.54. The number of aromatic nitrogens is 1. The molecule has 1 unspecified atom stereocenters. The molecule has 1 aliphatic rings. The van der Waals surface area contributed by atoms with Crippen LogP contribution in [0.1, 0.15) is 22.0 Å². The molecule has 8 heteroatoms. The van der Waals surface area contributed by atoms with Gasteiger partial charge in [-0.05, 0) is 20.3 Å². The van der Waals surface area contributed by atoms with Gasteiger partial charge in [0.1, 0.15) is 5.01 Å². The number of ether oxygens (including phenoxy) is 2. The first-order chi connectivity index (χ1) is 11.1. The minimum Gasteiger partial charge on any atom is -0.382 e. The zero-order chi connectivity index (χ0) is 16.7. The van der Waals surface area contributed by atoms with Gasteiger partial charge in [-0.25, -0.2) is 4.98 Å². The number of rotatable bonds is 7. The van der Waals surface area contributed by atoms with Crippen molar-refractivity contribution in [2.24, 2.45) is 10.9 Å². The molecule has 0 amide bonds. The monoisotopic (exact) mass is 468 g/mol. The number of thiazole rings is 1. The van der Waals surface area contributed by atoms with Gasteiger partial charge in [0.15, 0.2) is 5.96 Å². The molecule has 0 aliphatic carbocycles. The SMILES string of the molecule is CN=C(NCc1nc(C)c(C)s1)N1CCC(COCCOC)C1.I. The highest BCUT2D eigenvalue weighted by Gasteiger charge is 2.25. The van der Waals surface area contributed by atoms with Gasteiger partial charge < -0.3 is 19.7 Å². The van der Waals surface area contributed by atoms with E-state index in [4.69, 9.17) is 9.47 Å². The number of nitrogens with one attached hydrogen (secondary N) is 1. The summed E-state index contributed by atoms with van der Waals surface area (Å²) in [5.41, 5.74) is 1.12. The molecule has 0 radical (unpaired) electrons. The van der Waals surface area contributed by atoms with Gasteiger partial charge in [-0.15, -0.1) is 35.3 Å². The van der Waals surface area contributed by atoms with E-state index in [1.54, 1.807) is 18.4 Å². The van der Waals surface area contributed by atoms with Crippen LogP contribution in [0.4, 0.5) is 0 Å². The summed E-state index contributed by atoms with van der Waals surface area (Å²) in [7, 11) is 3.53. The molecule has 138 valence electrons. The molecule has 0 spiro atoms. The van der Waals surface area contributed by atoms with Gasteiger partial charge in [-0.1, -0.05) is 0 Å². The van der Waals surface area contributed by atoms with Crippen LogP contribution in [0, 0.1) is 19.8 Å². The van der Waals surface area contributed by atoms with Crippen LogP contribution in [-0.4, -0.2) is 62.9 Å². The minimum absolute atomic E-state index is 0. The maximum Gasteiger partial charge on any atom is 0.194 e. The Labute approximate surface area is 166 Å². The molecule has 1 atom stereocenters. The number of guanidine groups is 1. The lowest BCUT2D eigenvalue weighted by atomic mass is 10.1. The topological polar surface area (TPSA) is 59.0 Å². The number of likely N-dealkylation sites (tertiary alicyclic amines) is 1. The number of halogens is 1. The van der Waals surface area contributed by atoms with Gasteiger partial charge in [-0.3, -0.25) is 4.99 Å². The average molecular weight is 468 g/mol. The zero-order valence-corrected chi connectivity index (χ0v) is 18.1. The average Bonchev–Trinajstić information content (AvgIpc) is 3.12. The second-order valence-corrected chi connectivity index (χ2v) is 7.11. The van der Waals surface area contributed by atoms with Gasteiger partial charge in [0.25, 0.3) is 0 Å². The highest BCUT2D eigenvalue weighted by molar-refractivity contribution is 14.0. The number of aliphatic imine (C=N–C) groups is 1. The Morgan fingerprint density at radius 2 is 2.21 bits per heavy atom. The highest BCUT2D eigenvalue weighted by atomic mass is 127. The molecule has 0 bridgehead atoms. The smallest absolute Gasteiger partial charge is 0.194 e. The van der Waals surface area contributed by atoms with Crippen LogP contribution < -0.4 is 5.32 Å². The van der Waals surface area contributed by atoms with E-state index in [1.807, 2.05) is 7.05 Å². The first-order valence-corrected chi connectivity index (χ1v) is 8.90. The van der Waals surface area contributed by atoms with Crippen LogP contribution in [0.5, 0.6) is 0 Å². The van der Waals surface area contributed by atoms with E-state index >= 15 is 0 Å². The Balaban J connectivity index is 0.00000288. The van der Waals surface area contributed by atoms with Crippen LogP contribution in [0.15, 0.2) is 4.99 Å². The van der Waals surface area contributed by atoms with Crippen molar-refractivity contribution >= 4 is 41.3 Å². The third-order valence-corrected chi connectivity index (χ3v) is 5.13. The zero-order valence-electron chi connectivity index (χ0n) is 15.0. The van der Waals surface area contributed by atoms with Crippen molar-refractivity contribution in [2.75, 3.05) is 47.1 Å². The molecule has 1 fully saturated rings. The second kappa shape index (κ2) is 11.2. The van der Waals surface area contributed by atoms with Gasteiger partial charge in [0.2, 0.25) is 0 Å². The quantitative estimate of drug-likeness (QED) is 0.288. The molecule has 2 rings (SSSR count). The van der Waals surface area contributed by atoms with Gasteiger partial charge in [0, 0.05) is 38.0 Å². The molecule has 0 saturated carbocycles. The third kappa shape index (κ3) is 6.45. The van der Waals surface area contributed by atoms with E-state index < -0.39 is 0 Å². The predicted molar refractivity (Wildman–Crippen MR) is 110 cm³/mol. The Morgan fingerprint density at radius 1 is 1.42 bits per heavy atom. The third-order valence-electron chi connectivity index (χ3n) is 4.05. The Hall–Kier alpha value is -0.450. The molecular weight excluding hydrogens is 439 g/mol. The summed E-state index contributed by atoms with van der Waals surface area (Å²) in [6.45, 7) is 9.03. The molecule has 24 heavy (non-hydrogen) atoms. The van der Waals surface area contributed by atoms with E-state index in [1.165, 1.54) is 4.88 Å². The number of methoxy groups -OCH3 is 1. The maximum atomic E-state index is 5.64. The maximum absolute atomic E-state index is 5.64. The highest BCUT2D eigenvalue weighted by Crippen LogP contribution is 2.18. The lowest BCUT2D eigenvalue weighted by Gasteiger charge is -2.21. The van der Waals surface area contributed by atoms with Gasteiger partial charge in [0.05, 0.1) is 32.1 Å². The first kappa shape index (κ1) is 21.6. The molecule has 2 heterocycles. The molecule has 6 nitrogen and oxygen atoms in total. The van der Waals surface area contributed by atoms with Gasteiger partial charge >= 0.3 is 0 Å². The lowest BCUT2D eigenvalue weighted by Crippen LogP contribution is -2.39. The largest absolute Gasteiger partial charge is 0.382 e. The summed E-state index contributed by atoms with van der Waals surface area (Å²) in [6, 6.07) is 0. The number of nitrogens with zero attached hydrogens (tertiary/aromatic N) is 3. The summed E-state index contributed by atoms with van der Waals surface area (Å²) < 4.78 is 10.6. The van der Waals surface area contributed by atoms with E-state index in [-0.39, 0.29) is 24.0 Å². The fourth-order valence-electron chi connectivity index (χ4n) is 2.66. The van der Waals surface area contributed by atoms with Crippen LogP contribution in [0.3, 0.4) is 0 Å². The van der Waals surface area contributed by atoms with E-state index in [0.717, 1.165) is 49.3 Å². The van der Waals surface area contributed by atoms with Crippen molar-refractivity contribution in [1.29, 1.82) is 0 Å². The predicted octanol–water partition coefficient (Wildman–Crippen LogP) is 2.44. The lowest BCUT2D eigenvalue weighted by molar-refractivity contribution is 0.0536. The number of hydrogen-bond acceptors (Lipinski definition) is 5. The fraction of sp³-hybridized carbons (Fsp3) is 0.750. The van der Waals surface area contributed by atoms with Crippen LogP contribution in [0.2, 0.25) is 0 Å². The normalized spacial score (nSPS) is 17.9. The Bertz CT molecular complexity index is 505. The molecule has 1 saturated heterocycles. The van der Waals surface area contributed by atoms with E-state index in [0.29, 0.717) is 19.1 Å². The van der Waals surface area contributed by atoms with Crippen molar-refractivity contribution in [2.45, 2.75) is 26.8 Å². The first-order valence-electron chi connectivity index (χ1n) is 8.09. The van der Waals surface area contributed by atoms with E-state index in [2.05, 4.69) is 34.0 Å². The summed E-state index contributed by atoms with van der Waals surface area (Å²) in [5.74, 6) is 1.52. The minimum atomic E-state index is 0.